The predicted molar refractivity (Wildman–Crippen MR) is 71.2 cm³/mol. The number of halogens is 9. The molecule has 1 rings (SSSR count). The van der Waals surface area contributed by atoms with Crippen LogP contribution >= 0.6 is 60.7 Å². The third kappa shape index (κ3) is 2.98. The zero-order valence-corrected chi connectivity index (χ0v) is 12.9. The standard InChI is InChI=1S/C7Cl4F5NPS/c8-18(9,10,11,17-1-19)7-5(15)3(13)2(12)4(14)6(7)16/q-1. The molecule has 12 heteroatoms. The van der Waals surface area contributed by atoms with Crippen LogP contribution in [-0.4, -0.2) is 5.16 Å². The van der Waals surface area contributed by atoms with Crippen LogP contribution in [0, 0.1) is 29.1 Å². The van der Waals surface area contributed by atoms with Crippen molar-refractivity contribution >= 4 is 71.2 Å². The Balaban J connectivity index is 4.07. The van der Waals surface area contributed by atoms with Crippen LogP contribution in [0.5, 0.6) is 0 Å². The van der Waals surface area contributed by atoms with Gasteiger partial charge in [-0.2, -0.15) is 0 Å². The van der Waals surface area contributed by atoms with Crippen molar-refractivity contribution in [2.75, 3.05) is 0 Å². The van der Waals surface area contributed by atoms with Gasteiger partial charge >= 0.3 is 127 Å². The van der Waals surface area contributed by atoms with E-state index in [2.05, 4.69) is 17.0 Å². The van der Waals surface area contributed by atoms with Gasteiger partial charge in [0.05, 0.1) is 0 Å². The summed E-state index contributed by atoms with van der Waals surface area (Å²) in [7, 11) is 0. The molecule has 0 heterocycles. The summed E-state index contributed by atoms with van der Waals surface area (Å²) in [5.41, 5.74) is 0. The summed E-state index contributed by atoms with van der Waals surface area (Å²) >= 11 is 26.0. The molecule has 0 aromatic heterocycles. The average Bonchev–Trinajstić information content (AvgIpc) is 2.21. The van der Waals surface area contributed by atoms with Crippen LogP contribution in [0.25, 0.3) is 0 Å². The molecule has 0 unspecified atom stereocenters. The first-order valence-corrected chi connectivity index (χ1v) is 10.6. The molecule has 0 radical (unpaired) electrons. The number of thiocarbonyl (C=S) groups is 1. The van der Waals surface area contributed by atoms with Crippen molar-refractivity contribution in [3.05, 3.63) is 29.1 Å². The zero-order valence-electron chi connectivity index (χ0n) is 8.20. The minimum absolute atomic E-state index is 1.46. The van der Waals surface area contributed by atoms with Crippen LogP contribution in [0.3, 0.4) is 0 Å². The third-order valence-electron chi connectivity index (χ3n) is 1.87. The second kappa shape index (κ2) is 4.38. The Morgan fingerprint density at radius 3 is 1.42 bits per heavy atom. The fourth-order valence-corrected chi connectivity index (χ4v) is 5.72. The van der Waals surface area contributed by atoms with E-state index in [1.165, 1.54) is 5.16 Å². The molecule has 0 N–H and O–H groups in total. The first-order chi connectivity index (χ1) is 8.25. The molecule has 19 heavy (non-hydrogen) atoms. The van der Waals surface area contributed by atoms with Gasteiger partial charge in [-0.1, -0.05) is 0 Å². The third-order valence-corrected chi connectivity index (χ3v) is 6.80. The first kappa shape index (κ1) is 17.3. The number of isothiocyanates is 1. The Labute approximate surface area is 127 Å². The Bertz CT molecular complexity index is 609. The van der Waals surface area contributed by atoms with E-state index < -0.39 is 37.9 Å². The van der Waals surface area contributed by atoms with E-state index in [1.807, 2.05) is 0 Å². The molecular weight excluding hydrogens is 398 g/mol. The van der Waals surface area contributed by atoms with Crippen molar-refractivity contribution in [3.8, 4) is 0 Å². The van der Waals surface area contributed by atoms with Crippen molar-refractivity contribution in [2.24, 2.45) is 4.76 Å². The van der Waals surface area contributed by atoms with Crippen LogP contribution in [0.2, 0.25) is 0 Å². The second-order valence-corrected chi connectivity index (χ2v) is 19.4. The fourth-order valence-electron chi connectivity index (χ4n) is 1.11. The quantitative estimate of drug-likeness (QED) is 0.155. The molecule has 1 aromatic carbocycles. The van der Waals surface area contributed by atoms with Crippen LogP contribution in [0.4, 0.5) is 22.0 Å². The maximum atomic E-state index is 13.6. The molecule has 0 fully saturated rings. The molecule has 0 atom stereocenters. The van der Waals surface area contributed by atoms with E-state index in [-0.39, 0.29) is 0 Å². The van der Waals surface area contributed by atoms with Crippen molar-refractivity contribution in [1.82, 2.24) is 0 Å². The molecule has 0 spiro atoms. The summed E-state index contributed by atoms with van der Waals surface area (Å²) in [6, 6.07) is 0. The van der Waals surface area contributed by atoms with Crippen LogP contribution < -0.4 is 5.30 Å². The van der Waals surface area contributed by atoms with Gasteiger partial charge in [-0.3, -0.25) is 0 Å². The van der Waals surface area contributed by atoms with Gasteiger partial charge in [-0.05, 0) is 0 Å². The molecular formula is C7Cl4F5NPS-. The minimum atomic E-state index is -6.52. The summed E-state index contributed by atoms with van der Waals surface area (Å²) in [5, 5.41) is -0.405. The van der Waals surface area contributed by atoms with Gasteiger partial charge in [-0.15, -0.1) is 0 Å². The van der Waals surface area contributed by atoms with Crippen molar-refractivity contribution in [2.45, 2.75) is 0 Å². The average molecular weight is 398 g/mol. The van der Waals surface area contributed by atoms with E-state index in [4.69, 9.17) is 45.0 Å². The van der Waals surface area contributed by atoms with Crippen LogP contribution in [-0.2, 0) is 0 Å². The Morgan fingerprint density at radius 2 is 1.11 bits per heavy atom. The maximum absolute atomic E-state index is 13.6. The molecule has 0 saturated heterocycles. The number of benzene rings is 1. The summed E-state index contributed by atoms with van der Waals surface area (Å²) in [5.74, 6) is -11.9. The van der Waals surface area contributed by atoms with Gasteiger partial charge in [0.1, 0.15) is 0 Å². The van der Waals surface area contributed by atoms with Crippen LogP contribution in [0.15, 0.2) is 4.76 Å². The van der Waals surface area contributed by atoms with E-state index in [0.29, 0.717) is 0 Å². The summed E-state index contributed by atoms with van der Waals surface area (Å²) in [6.07, 6.45) is 0. The van der Waals surface area contributed by atoms with Gasteiger partial charge in [-0.25, -0.2) is 0 Å². The molecule has 1 nitrogen and oxygen atoms in total. The Hall–Kier alpha value is 0.260. The number of rotatable bonds is 2. The van der Waals surface area contributed by atoms with Gasteiger partial charge in [0, 0.05) is 0 Å². The molecule has 0 aliphatic carbocycles. The molecule has 0 aliphatic rings. The molecule has 0 amide bonds. The normalized spacial score (nSPS) is 15.4. The monoisotopic (exact) mass is 396 g/mol. The molecule has 0 bridgehead atoms. The Morgan fingerprint density at radius 1 is 0.789 bits per heavy atom. The van der Waals surface area contributed by atoms with E-state index >= 15 is 0 Å². The van der Waals surface area contributed by atoms with Gasteiger partial charge in [0.2, 0.25) is 0 Å². The number of hydrogen-bond donors (Lipinski definition) is 0. The van der Waals surface area contributed by atoms with Crippen molar-refractivity contribution in [1.29, 1.82) is 0 Å². The Kier molecular flexibility index (Phi) is 3.99. The number of nitrogens with zero attached hydrogens (tertiary/aromatic N) is 1. The molecule has 1 aromatic rings. The number of hydrogen-bond acceptors (Lipinski definition) is 2. The van der Waals surface area contributed by atoms with E-state index in [1.54, 1.807) is 0 Å². The van der Waals surface area contributed by atoms with Gasteiger partial charge in [0.25, 0.3) is 0 Å². The van der Waals surface area contributed by atoms with Crippen molar-refractivity contribution in [3.63, 3.8) is 0 Å². The van der Waals surface area contributed by atoms with Crippen LogP contribution in [0.1, 0.15) is 0 Å². The van der Waals surface area contributed by atoms with Gasteiger partial charge < -0.3 is 0 Å². The zero-order chi connectivity index (χ0) is 15.3. The first-order valence-electron chi connectivity index (χ1n) is 3.97. The van der Waals surface area contributed by atoms with Gasteiger partial charge in [0.15, 0.2) is 0 Å². The summed E-state index contributed by atoms with van der Waals surface area (Å²) in [4.78, 5) is 0. The topological polar surface area (TPSA) is 12.4 Å². The van der Waals surface area contributed by atoms with E-state index in [9.17, 15) is 22.0 Å². The molecule has 108 valence electrons. The summed E-state index contributed by atoms with van der Waals surface area (Å²) in [6.45, 7) is 0. The predicted octanol–water partition coefficient (Wildman–Crippen LogP) is 5.73. The summed E-state index contributed by atoms with van der Waals surface area (Å²) < 4.78 is 62.4. The van der Waals surface area contributed by atoms with Crippen molar-refractivity contribution < 1.29 is 22.0 Å². The van der Waals surface area contributed by atoms with E-state index in [0.717, 1.165) is 0 Å². The molecule has 0 saturated carbocycles. The fraction of sp³-hybridized carbons (Fsp3) is 0. The SMILES string of the molecule is Fc1c(F)c(F)c([P-](Cl)(Cl)(Cl)(Cl)N=C=S)c(F)c1F. The second-order valence-electron chi connectivity index (χ2n) is 3.23. The molecule has 0 aliphatic heterocycles.